The Kier molecular flexibility index (Phi) is 13.1. The zero-order valence-corrected chi connectivity index (χ0v) is 24.8. The molecule has 2 aliphatic heterocycles. The van der Waals surface area contributed by atoms with Crippen LogP contribution >= 0.6 is 11.8 Å². The van der Waals surface area contributed by atoms with E-state index in [-0.39, 0.29) is 56.5 Å². The van der Waals surface area contributed by atoms with Crippen molar-refractivity contribution in [1.29, 1.82) is 0 Å². The Labute approximate surface area is 236 Å². The van der Waals surface area contributed by atoms with Crippen LogP contribution in [-0.2, 0) is 28.5 Å². The summed E-state index contributed by atoms with van der Waals surface area (Å²) in [6, 6.07) is 0.378. The van der Waals surface area contributed by atoms with Gasteiger partial charge in [0.15, 0.2) is 11.6 Å². The Balaban J connectivity index is 1.78. The molecule has 0 radical (unpaired) electrons. The average Bonchev–Trinajstić information content (AvgIpc) is 3.44. The fourth-order valence-electron chi connectivity index (χ4n) is 4.25. The summed E-state index contributed by atoms with van der Waals surface area (Å²) < 4.78 is 22.6. The zero-order chi connectivity index (χ0) is 29.1. The SMILES string of the molecule is CCC(C)(OCCCCC[C@@H]1SC[C@@H]2NC(=O)N[C@@H]21)C(=O)OCC(C)(COC(C)C)C(=O)OCCN=C(N)N. The second kappa shape index (κ2) is 15.5. The second-order valence-corrected chi connectivity index (χ2v) is 12.1. The maximum atomic E-state index is 13.0. The number of rotatable bonds is 18. The lowest BCUT2D eigenvalue weighted by Crippen LogP contribution is -2.45. The highest BCUT2D eigenvalue weighted by Crippen LogP contribution is 2.33. The number of urea groups is 1. The van der Waals surface area contributed by atoms with E-state index in [1.165, 1.54) is 0 Å². The molecule has 2 saturated heterocycles. The van der Waals surface area contributed by atoms with Crippen LogP contribution in [0.2, 0.25) is 0 Å². The summed E-state index contributed by atoms with van der Waals surface area (Å²) in [5.74, 6) is -0.244. The highest BCUT2D eigenvalue weighted by Gasteiger charge is 2.43. The van der Waals surface area contributed by atoms with Gasteiger partial charge in [0, 0.05) is 17.6 Å². The van der Waals surface area contributed by atoms with Gasteiger partial charge in [-0.3, -0.25) is 9.79 Å². The summed E-state index contributed by atoms with van der Waals surface area (Å²) in [7, 11) is 0. The van der Waals surface area contributed by atoms with Crippen molar-refractivity contribution in [2.45, 2.75) is 95.8 Å². The van der Waals surface area contributed by atoms with Crippen molar-refractivity contribution in [1.82, 2.24) is 10.6 Å². The molecule has 2 amide bonds. The number of nitrogens with two attached hydrogens (primary N) is 2. The van der Waals surface area contributed by atoms with Gasteiger partial charge in [-0.25, -0.2) is 9.59 Å². The molecular formula is C26H47N5O7S. The van der Waals surface area contributed by atoms with E-state index >= 15 is 0 Å². The Morgan fingerprint density at radius 1 is 1.08 bits per heavy atom. The van der Waals surface area contributed by atoms with Crippen molar-refractivity contribution in [2.24, 2.45) is 21.9 Å². The number of nitrogens with one attached hydrogen (secondary N) is 2. The first-order valence-corrected chi connectivity index (χ1v) is 14.8. The fourth-order valence-corrected chi connectivity index (χ4v) is 5.79. The number of nitrogens with zero attached hydrogens (tertiary/aromatic N) is 1. The average molecular weight is 574 g/mol. The number of amides is 2. The van der Waals surface area contributed by atoms with Crippen LogP contribution in [0.15, 0.2) is 4.99 Å². The van der Waals surface area contributed by atoms with E-state index in [0.29, 0.717) is 18.3 Å². The normalized spacial score (nSPS) is 23.2. The third-order valence-corrected chi connectivity index (χ3v) is 8.48. The number of fused-ring (bicyclic) bond motifs is 1. The van der Waals surface area contributed by atoms with Gasteiger partial charge in [-0.05, 0) is 47.0 Å². The van der Waals surface area contributed by atoms with E-state index < -0.39 is 23.0 Å². The van der Waals surface area contributed by atoms with Crippen molar-refractivity contribution in [3.8, 4) is 0 Å². The summed E-state index contributed by atoms with van der Waals surface area (Å²) in [5.41, 5.74) is 8.25. The number of unbranched alkanes of at least 4 members (excludes halogenated alkanes) is 2. The van der Waals surface area contributed by atoms with Gasteiger partial charge in [0.1, 0.15) is 18.6 Å². The predicted octanol–water partition coefficient (Wildman–Crippen LogP) is 1.69. The monoisotopic (exact) mass is 573 g/mol. The van der Waals surface area contributed by atoms with Gasteiger partial charge in [0.2, 0.25) is 0 Å². The lowest BCUT2D eigenvalue weighted by molar-refractivity contribution is -0.181. The van der Waals surface area contributed by atoms with E-state index in [2.05, 4.69) is 15.6 Å². The summed E-state index contributed by atoms with van der Waals surface area (Å²) in [4.78, 5) is 41.2. The van der Waals surface area contributed by atoms with Crippen molar-refractivity contribution < 1.29 is 33.3 Å². The number of carbonyl (C=O) groups excluding carboxylic acids is 3. The van der Waals surface area contributed by atoms with Crippen LogP contribution in [0.1, 0.15) is 66.7 Å². The number of ether oxygens (including phenoxy) is 4. The van der Waals surface area contributed by atoms with Gasteiger partial charge >= 0.3 is 18.0 Å². The van der Waals surface area contributed by atoms with Gasteiger partial charge < -0.3 is 41.0 Å². The molecule has 2 fully saturated rings. The molecule has 12 nitrogen and oxygen atoms in total. The van der Waals surface area contributed by atoms with Crippen LogP contribution in [0.3, 0.4) is 0 Å². The number of hydrogen-bond donors (Lipinski definition) is 4. The summed E-state index contributed by atoms with van der Waals surface area (Å²) in [6.07, 6.45) is 4.11. The van der Waals surface area contributed by atoms with E-state index in [4.69, 9.17) is 30.4 Å². The summed E-state index contributed by atoms with van der Waals surface area (Å²) in [6.45, 7) is 9.24. The lowest BCUT2D eigenvalue weighted by atomic mass is 9.92. The predicted molar refractivity (Wildman–Crippen MR) is 150 cm³/mol. The molecule has 39 heavy (non-hydrogen) atoms. The fraction of sp³-hybridized carbons (Fsp3) is 0.846. The molecule has 0 saturated carbocycles. The molecule has 0 aromatic heterocycles. The zero-order valence-electron chi connectivity index (χ0n) is 24.0. The number of thioether (sulfide) groups is 1. The van der Waals surface area contributed by atoms with E-state index in [1.807, 2.05) is 32.5 Å². The van der Waals surface area contributed by atoms with E-state index in [9.17, 15) is 14.4 Å². The van der Waals surface area contributed by atoms with Crippen molar-refractivity contribution in [3.63, 3.8) is 0 Å². The topological polar surface area (TPSA) is 177 Å². The van der Waals surface area contributed by atoms with Crippen LogP contribution in [0, 0.1) is 5.41 Å². The van der Waals surface area contributed by atoms with E-state index in [0.717, 1.165) is 31.4 Å². The molecule has 224 valence electrons. The molecule has 0 spiro atoms. The maximum Gasteiger partial charge on any atom is 0.338 e. The number of hydrogen-bond acceptors (Lipinski definition) is 9. The maximum absolute atomic E-state index is 13.0. The Bertz CT molecular complexity index is 857. The van der Waals surface area contributed by atoms with Crippen LogP contribution < -0.4 is 22.1 Å². The van der Waals surface area contributed by atoms with Crippen molar-refractivity contribution >= 4 is 35.7 Å². The minimum absolute atomic E-state index is 0.00999. The minimum atomic E-state index is -1.21. The Morgan fingerprint density at radius 3 is 2.49 bits per heavy atom. The largest absolute Gasteiger partial charge is 0.463 e. The molecular weight excluding hydrogens is 526 g/mol. The summed E-state index contributed by atoms with van der Waals surface area (Å²) >= 11 is 1.91. The highest BCUT2D eigenvalue weighted by atomic mass is 32.2. The van der Waals surface area contributed by atoms with Crippen LogP contribution in [0.5, 0.6) is 0 Å². The van der Waals surface area contributed by atoms with E-state index in [1.54, 1.807) is 13.8 Å². The van der Waals surface area contributed by atoms with Crippen LogP contribution in [0.25, 0.3) is 0 Å². The minimum Gasteiger partial charge on any atom is -0.463 e. The quantitative estimate of drug-likeness (QED) is 0.0620. The molecule has 2 rings (SSSR count). The third kappa shape index (κ3) is 10.3. The molecule has 2 heterocycles. The molecule has 0 bridgehead atoms. The van der Waals surface area contributed by atoms with Crippen molar-refractivity contribution in [3.05, 3.63) is 0 Å². The van der Waals surface area contributed by atoms with Gasteiger partial charge in [-0.15, -0.1) is 0 Å². The van der Waals surface area contributed by atoms with Crippen LogP contribution in [0.4, 0.5) is 4.79 Å². The number of carbonyl (C=O) groups is 3. The van der Waals surface area contributed by atoms with Gasteiger partial charge in [-0.2, -0.15) is 11.8 Å². The molecule has 2 aliphatic rings. The highest BCUT2D eigenvalue weighted by molar-refractivity contribution is 8.00. The first kappa shape index (κ1) is 33.0. The first-order valence-electron chi connectivity index (χ1n) is 13.7. The molecule has 6 N–H and O–H groups in total. The first-order chi connectivity index (χ1) is 18.4. The molecule has 2 unspecified atom stereocenters. The van der Waals surface area contributed by atoms with Crippen LogP contribution in [-0.4, -0.2) is 91.7 Å². The number of aliphatic imine (C=N–C) groups is 1. The third-order valence-electron chi connectivity index (χ3n) is 6.97. The Hall–Kier alpha value is -2.25. The number of guanidine groups is 1. The Morgan fingerprint density at radius 2 is 1.82 bits per heavy atom. The molecule has 0 aliphatic carbocycles. The second-order valence-electron chi connectivity index (χ2n) is 10.8. The molecule has 0 aromatic rings. The summed E-state index contributed by atoms with van der Waals surface area (Å²) in [5, 5.41) is 6.41. The van der Waals surface area contributed by atoms with Gasteiger partial charge in [0.25, 0.3) is 0 Å². The van der Waals surface area contributed by atoms with Crippen molar-refractivity contribution in [2.75, 3.05) is 38.7 Å². The standard InChI is InChI=1S/C26H47N5O7S/c1-6-26(5,38-12-9-7-8-10-19-20-18(14-39-19)30-24(34)31-20)22(33)37-16-25(4,15-36-17(2)3)21(32)35-13-11-29-23(27)28/h17-20H,6-16H2,1-5H3,(H4,27,28,29)(H2,30,31,34)/t18-,19-,20-,25?,26?/m0/s1. The number of esters is 2. The molecule has 5 atom stereocenters. The molecule has 13 heteroatoms. The van der Waals surface area contributed by atoms with Gasteiger partial charge in [-0.1, -0.05) is 19.8 Å². The smallest absolute Gasteiger partial charge is 0.338 e. The lowest BCUT2D eigenvalue weighted by Gasteiger charge is -2.31. The van der Waals surface area contributed by atoms with Gasteiger partial charge in [0.05, 0.1) is 31.3 Å². The molecule has 0 aromatic carbocycles.